The van der Waals surface area contributed by atoms with E-state index in [0.717, 1.165) is 40.5 Å². The normalized spacial score (nSPS) is 11.1. The van der Waals surface area contributed by atoms with Gasteiger partial charge in [-0.1, -0.05) is 0 Å². The summed E-state index contributed by atoms with van der Waals surface area (Å²) in [5.74, 6) is 0.795. The lowest BCUT2D eigenvalue weighted by Gasteiger charge is -2.10. The molecule has 0 radical (unpaired) electrons. The van der Waals surface area contributed by atoms with Gasteiger partial charge in [-0.05, 0) is 13.8 Å². The first-order valence-electron chi connectivity index (χ1n) is 7.48. The second-order valence-electron chi connectivity index (χ2n) is 5.36. The number of rotatable bonds is 6. The summed E-state index contributed by atoms with van der Waals surface area (Å²) in [7, 11) is 5.78. The Balaban J connectivity index is 0.00000288. The number of hydrogen-bond acceptors (Lipinski definition) is 6. The molecule has 2 rings (SSSR count). The number of halogens is 1. The second kappa shape index (κ2) is 10.1. The van der Waals surface area contributed by atoms with E-state index in [1.54, 1.807) is 29.7 Å². The Morgan fingerprint density at radius 2 is 2.00 bits per heavy atom. The van der Waals surface area contributed by atoms with Crippen LogP contribution >= 0.6 is 46.7 Å². The zero-order valence-corrected chi connectivity index (χ0v) is 18.7. The molecule has 2 N–H and O–H groups in total. The average molecular weight is 480 g/mol. The summed E-state index contributed by atoms with van der Waals surface area (Å²) in [5, 5.41) is 10.8. The maximum absolute atomic E-state index is 4.55. The number of nitrogens with zero attached hydrogens (tertiary/aromatic N) is 4. The topological polar surface area (TPSA) is 65.4 Å². The van der Waals surface area contributed by atoms with Crippen molar-refractivity contribution in [3.63, 3.8) is 0 Å². The Morgan fingerprint density at radius 1 is 1.25 bits per heavy atom. The minimum absolute atomic E-state index is 0. The molecule has 0 amide bonds. The van der Waals surface area contributed by atoms with Gasteiger partial charge in [-0.25, -0.2) is 9.97 Å². The molecule has 0 unspecified atom stereocenters. The van der Waals surface area contributed by atoms with E-state index < -0.39 is 0 Å². The van der Waals surface area contributed by atoms with E-state index in [9.17, 15) is 0 Å². The first kappa shape index (κ1) is 21.1. The number of aliphatic imine (C=N–C) groups is 1. The highest BCUT2D eigenvalue weighted by Gasteiger charge is 2.06. The summed E-state index contributed by atoms with van der Waals surface area (Å²) < 4.78 is 0. The maximum Gasteiger partial charge on any atom is 0.191 e. The molecule has 0 aliphatic heterocycles. The quantitative estimate of drug-likeness (QED) is 0.378. The summed E-state index contributed by atoms with van der Waals surface area (Å²) >= 11 is 3.41. The number of hydrogen-bond donors (Lipinski definition) is 2. The predicted molar refractivity (Wildman–Crippen MR) is 115 cm³/mol. The molecule has 0 aliphatic carbocycles. The number of aryl methyl sites for hydroxylation is 2. The third-order valence-corrected chi connectivity index (χ3v) is 5.42. The molecule has 2 heterocycles. The van der Waals surface area contributed by atoms with Gasteiger partial charge in [0.05, 0.1) is 22.9 Å². The van der Waals surface area contributed by atoms with E-state index >= 15 is 0 Å². The van der Waals surface area contributed by atoms with Gasteiger partial charge in [-0.15, -0.1) is 46.7 Å². The van der Waals surface area contributed by atoms with Gasteiger partial charge in [-0.2, -0.15) is 0 Å². The highest BCUT2D eigenvalue weighted by Crippen LogP contribution is 2.18. The number of anilines is 1. The van der Waals surface area contributed by atoms with Gasteiger partial charge in [0.15, 0.2) is 11.1 Å². The van der Waals surface area contributed by atoms with Gasteiger partial charge >= 0.3 is 0 Å². The molecular formula is C15H25IN6S2. The number of guanidine groups is 1. The van der Waals surface area contributed by atoms with Crippen LogP contribution in [0, 0.1) is 13.8 Å². The lowest BCUT2D eigenvalue weighted by atomic mass is 10.3. The summed E-state index contributed by atoms with van der Waals surface area (Å²) in [5.41, 5.74) is 2.16. The molecule has 134 valence electrons. The van der Waals surface area contributed by atoms with E-state index in [0.29, 0.717) is 6.54 Å². The molecule has 0 saturated carbocycles. The van der Waals surface area contributed by atoms with Gasteiger partial charge in [0.1, 0.15) is 0 Å². The molecular weight excluding hydrogens is 455 g/mol. The fraction of sp³-hybridized carbons (Fsp3) is 0.533. The first-order chi connectivity index (χ1) is 11.0. The minimum Gasteiger partial charge on any atom is -0.356 e. The van der Waals surface area contributed by atoms with Crippen molar-refractivity contribution in [3.8, 4) is 0 Å². The van der Waals surface area contributed by atoms with Crippen molar-refractivity contribution in [2.24, 2.45) is 4.99 Å². The van der Waals surface area contributed by atoms with Crippen LogP contribution < -0.4 is 15.5 Å². The molecule has 6 nitrogen and oxygen atoms in total. The van der Waals surface area contributed by atoms with Crippen molar-refractivity contribution >= 4 is 57.7 Å². The standard InChI is InChI=1S/C15H24N6S2.HI/c1-10-13(23-11(2)19-10)6-7-17-14(16-3)18-8-12-9-22-15(20-12)21(4)5;/h9H,6-8H2,1-5H3,(H2,16,17,18);1H. The Labute approximate surface area is 168 Å². The zero-order chi connectivity index (χ0) is 16.8. The lowest BCUT2D eigenvalue weighted by molar-refractivity contribution is 0.787. The van der Waals surface area contributed by atoms with Crippen molar-refractivity contribution in [2.45, 2.75) is 26.8 Å². The Kier molecular flexibility index (Phi) is 8.92. The van der Waals surface area contributed by atoms with E-state index in [1.165, 1.54) is 4.88 Å². The largest absolute Gasteiger partial charge is 0.356 e. The molecule has 0 bridgehead atoms. The predicted octanol–water partition coefficient (Wildman–Crippen LogP) is 2.81. The van der Waals surface area contributed by atoms with Gasteiger partial charge in [0, 0.05) is 44.4 Å². The van der Waals surface area contributed by atoms with E-state index in [1.807, 2.05) is 25.9 Å². The Bertz CT molecular complexity index is 665. The van der Waals surface area contributed by atoms with Gasteiger partial charge < -0.3 is 15.5 Å². The third kappa shape index (κ3) is 6.17. The smallest absolute Gasteiger partial charge is 0.191 e. The zero-order valence-electron chi connectivity index (χ0n) is 14.7. The van der Waals surface area contributed by atoms with E-state index in [-0.39, 0.29) is 24.0 Å². The molecule has 0 aliphatic rings. The van der Waals surface area contributed by atoms with Crippen molar-refractivity contribution in [1.29, 1.82) is 0 Å². The minimum atomic E-state index is 0. The Hall–Kier alpha value is -0.940. The SMILES string of the molecule is CN=C(NCCc1sc(C)nc1C)NCc1csc(N(C)C)n1.I. The van der Waals surface area contributed by atoms with Crippen molar-refractivity contribution < 1.29 is 0 Å². The van der Waals surface area contributed by atoms with Crippen LogP contribution in [0.5, 0.6) is 0 Å². The van der Waals surface area contributed by atoms with Crippen molar-refractivity contribution in [1.82, 2.24) is 20.6 Å². The van der Waals surface area contributed by atoms with Crippen molar-refractivity contribution in [2.75, 3.05) is 32.6 Å². The average Bonchev–Trinajstić information content (AvgIpc) is 3.09. The highest BCUT2D eigenvalue weighted by molar-refractivity contribution is 14.0. The molecule has 0 saturated heterocycles. The first-order valence-corrected chi connectivity index (χ1v) is 9.18. The Morgan fingerprint density at radius 3 is 2.54 bits per heavy atom. The highest BCUT2D eigenvalue weighted by atomic mass is 127. The number of nitrogens with one attached hydrogen (secondary N) is 2. The molecule has 0 fully saturated rings. The summed E-state index contributed by atoms with van der Waals surface area (Å²) in [4.78, 5) is 16.6. The molecule has 0 aromatic carbocycles. The van der Waals surface area contributed by atoms with Crippen molar-refractivity contribution in [3.05, 3.63) is 26.7 Å². The van der Waals surface area contributed by atoms with Crippen LogP contribution in [0.1, 0.15) is 21.3 Å². The summed E-state index contributed by atoms with van der Waals surface area (Å²) in [6.45, 7) is 5.62. The monoisotopic (exact) mass is 480 g/mol. The van der Waals surface area contributed by atoms with Crippen LogP contribution in [0.25, 0.3) is 0 Å². The van der Waals surface area contributed by atoms with Gasteiger partial charge in [0.25, 0.3) is 0 Å². The summed E-state index contributed by atoms with van der Waals surface area (Å²) in [6, 6.07) is 0. The van der Waals surface area contributed by atoms with Crippen LogP contribution in [0.4, 0.5) is 5.13 Å². The van der Waals surface area contributed by atoms with Crippen LogP contribution in [-0.2, 0) is 13.0 Å². The number of aromatic nitrogens is 2. The lowest BCUT2D eigenvalue weighted by Crippen LogP contribution is -2.37. The fourth-order valence-corrected chi connectivity index (χ4v) is 3.77. The van der Waals surface area contributed by atoms with Crippen LogP contribution in [0.15, 0.2) is 10.4 Å². The molecule has 0 atom stereocenters. The second-order valence-corrected chi connectivity index (χ2v) is 7.48. The van der Waals surface area contributed by atoms with Crippen LogP contribution in [-0.4, -0.2) is 43.6 Å². The van der Waals surface area contributed by atoms with E-state index in [2.05, 4.69) is 37.9 Å². The molecule has 24 heavy (non-hydrogen) atoms. The van der Waals surface area contributed by atoms with E-state index in [4.69, 9.17) is 0 Å². The fourth-order valence-electron chi connectivity index (χ4n) is 2.08. The third-order valence-electron chi connectivity index (χ3n) is 3.23. The van der Waals surface area contributed by atoms with Crippen LogP contribution in [0.2, 0.25) is 0 Å². The molecule has 9 heteroatoms. The maximum atomic E-state index is 4.55. The van der Waals surface area contributed by atoms with Crippen LogP contribution in [0.3, 0.4) is 0 Å². The molecule has 0 spiro atoms. The molecule has 2 aromatic heterocycles. The molecule has 2 aromatic rings. The van der Waals surface area contributed by atoms with Gasteiger partial charge in [0.2, 0.25) is 0 Å². The summed E-state index contributed by atoms with van der Waals surface area (Å²) in [6.07, 6.45) is 0.958. The van der Waals surface area contributed by atoms with Gasteiger partial charge in [-0.3, -0.25) is 4.99 Å². The number of thiazole rings is 2.